The number of carbonyl (C=O) groups excluding carboxylic acids is 3. The molecular formula is C43H51N9O6. The molecule has 5 unspecified atom stereocenters. The fourth-order valence-corrected chi connectivity index (χ4v) is 7.93. The monoisotopic (exact) mass is 789 g/mol. The van der Waals surface area contributed by atoms with Crippen molar-refractivity contribution in [3.63, 3.8) is 0 Å². The van der Waals surface area contributed by atoms with E-state index < -0.39 is 24.6 Å². The average Bonchev–Trinajstić information content (AvgIpc) is 4.06. The number of aromatic nitrogens is 5. The Labute approximate surface area is 337 Å². The van der Waals surface area contributed by atoms with Gasteiger partial charge < -0.3 is 39.7 Å². The third-order valence-electron chi connectivity index (χ3n) is 11.1. The quantitative estimate of drug-likeness (QED) is 0.0885. The molecule has 15 heteroatoms. The first kappa shape index (κ1) is 40.4. The molecule has 2 saturated heterocycles. The van der Waals surface area contributed by atoms with Gasteiger partial charge in [-0.3, -0.25) is 14.9 Å². The normalized spacial score (nSPS) is 18.4. The largest absolute Gasteiger partial charge is 0.453 e. The zero-order valence-electron chi connectivity index (χ0n) is 33.7. The molecular weight excluding hydrogens is 739 g/mol. The molecule has 7 rings (SSSR count). The van der Waals surface area contributed by atoms with Gasteiger partial charge in [0.05, 0.1) is 48.2 Å². The maximum absolute atomic E-state index is 13.7. The maximum Gasteiger partial charge on any atom is 0.407 e. The van der Waals surface area contributed by atoms with E-state index in [2.05, 4.69) is 42.4 Å². The fourth-order valence-electron chi connectivity index (χ4n) is 7.93. The molecule has 3 amide bonds. The number of benzene rings is 2. The van der Waals surface area contributed by atoms with Gasteiger partial charge in [0.2, 0.25) is 18.2 Å². The summed E-state index contributed by atoms with van der Waals surface area (Å²) in [5.41, 5.74) is 4.80. The first-order valence-corrected chi connectivity index (χ1v) is 19.8. The predicted molar refractivity (Wildman–Crippen MR) is 218 cm³/mol. The number of nitrogens with zero attached hydrogens (tertiary/aromatic N) is 5. The molecule has 304 valence electrons. The molecule has 5 aromatic rings. The van der Waals surface area contributed by atoms with Gasteiger partial charge in [-0.25, -0.2) is 19.7 Å². The summed E-state index contributed by atoms with van der Waals surface area (Å²) in [6.07, 6.45) is 4.88. The van der Waals surface area contributed by atoms with Crippen molar-refractivity contribution >= 4 is 39.7 Å². The van der Waals surface area contributed by atoms with Crippen LogP contribution in [0.5, 0.6) is 0 Å². The van der Waals surface area contributed by atoms with E-state index in [-0.39, 0.29) is 35.7 Å². The minimum absolute atomic E-state index is 0.0559. The first-order valence-electron chi connectivity index (χ1n) is 19.8. The van der Waals surface area contributed by atoms with Gasteiger partial charge in [-0.2, -0.15) is 0 Å². The van der Waals surface area contributed by atoms with Crippen molar-refractivity contribution in [3.05, 3.63) is 77.8 Å². The lowest BCUT2D eigenvalue weighted by molar-refractivity contribution is -0.145. The number of pyridine rings is 1. The maximum atomic E-state index is 13.7. The molecule has 58 heavy (non-hydrogen) atoms. The zero-order chi connectivity index (χ0) is 41.1. The zero-order valence-corrected chi connectivity index (χ0v) is 33.7. The second-order valence-electron chi connectivity index (χ2n) is 15.6. The van der Waals surface area contributed by atoms with E-state index in [9.17, 15) is 19.5 Å². The Balaban J connectivity index is 1.03. The number of imidazole rings is 2. The molecule has 2 aliphatic heterocycles. The van der Waals surface area contributed by atoms with Crippen LogP contribution in [0.1, 0.15) is 88.4 Å². The minimum atomic E-state index is -1.23. The van der Waals surface area contributed by atoms with Crippen molar-refractivity contribution in [3.8, 4) is 23.1 Å². The van der Waals surface area contributed by atoms with Crippen molar-refractivity contribution in [2.24, 2.45) is 11.8 Å². The Morgan fingerprint density at radius 2 is 1.55 bits per heavy atom. The molecule has 0 saturated carbocycles. The van der Waals surface area contributed by atoms with Crippen LogP contribution in [0.3, 0.4) is 0 Å². The minimum Gasteiger partial charge on any atom is -0.453 e. The third kappa shape index (κ3) is 8.40. The van der Waals surface area contributed by atoms with Gasteiger partial charge in [0, 0.05) is 42.9 Å². The van der Waals surface area contributed by atoms with Gasteiger partial charge in [0.25, 0.3) is 0 Å². The number of likely N-dealkylation sites (tertiary alicyclic amines) is 2. The van der Waals surface area contributed by atoms with Crippen LogP contribution in [0.4, 0.5) is 4.79 Å². The highest BCUT2D eigenvalue weighted by Crippen LogP contribution is 2.35. The van der Waals surface area contributed by atoms with Crippen molar-refractivity contribution in [1.82, 2.24) is 45.4 Å². The highest BCUT2D eigenvalue weighted by molar-refractivity contribution is 6.04. The number of nitrogens with one attached hydrogen (secondary N) is 4. The summed E-state index contributed by atoms with van der Waals surface area (Å²) in [5, 5.41) is 17.6. The molecule has 3 aromatic heterocycles. The lowest BCUT2D eigenvalue weighted by Crippen LogP contribution is -2.52. The van der Waals surface area contributed by atoms with Gasteiger partial charge in [-0.15, -0.1) is 0 Å². The van der Waals surface area contributed by atoms with Crippen molar-refractivity contribution in [1.29, 1.82) is 0 Å². The number of H-pyrrole nitrogens is 2. The number of rotatable bonds is 11. The molecule has 0 aliphatic carbocycles. The van der Waals surface area contributed by atoms with Gasteiger partial charge in [-0.05, 0) is 79.2 Å². The van der Waals surface area contributed by atoms with Crippen LogP contribution in [0.25, 0.3) is 33.1 Å². The number of alkyl carbamates (subject to hydrolysis) is 1. The summed E-state index contributed by atoms with van der Waals surface area (Å²) in [7, 11) is 2.67. The number of methoxy groups -OCH3 is 2. The number of ether oxygens (including phenoxy) is 2. The van der Waals surface area contributed by atoms with Gasteiger partial charge >= 0.3 is 6.09 Å². The molecule has 15 nitrogen and oxygen atoms in total. The van der Waals surface area contributed by atoms with Crippen LogP contribution < -0.4 is 10.6 Å². The van der Waals surface area contributed by atoms with Crippen LogP contribution in [-0.4, -0.2) is 104 Å². The molecule has 5 heterocycles. The van der Waals surface area contributed by atoms with Crippen LogP contribution >= 0.6 is 0 Å². The standard InChI is InChI=1S/C43H51N9O6/c1-24(2)35(49-42(55)57-5)40(53)51-19-7-9-33(51)38-45-23-32(47-38)28-13-16-29(44-22-28)15-11-26-12-17-30-27(21-26)14-18-31-37(30)48-39(46-31)34-10-8-20-52(34)41(54)36(25(3)4)50-43(56)58-6/h12-14,16-18,21-25,33-36,43,50,56H,7-10,19-20H2,1-6H3,(H,45,47)(H,46,48)(H,49,55). The Hall–Kier alpha value is -5.82. The number of aliphatic hydroxyl groups excluding tert-OH is 1. The number of amides is 3. The van der Waals surface area contributed by atoms with Crippen molar-refractivity contribution in [2.45, 2.75) is 84.0 Å². The second kappa shape index (κ2) is 17.4. The summed E-state index contributed by atoms with van der Waals surface area (Å²) in [5.74, 6) is 7.44. The number of hydrogen-bond acceptors (Lipinski definition) is 10. The number of hydrogen-bond donors (Lipinski definition) is 5. The van der Waals surface area contributed by atoms with Gasteiger partial charge in [0.1, 0.15) is 23.4 Å². The fraction of sp³-hybridized carbons (Fsp3) is 0.442. The summed E-state index contributed by atoms with van der Waals surface area (Å²) >= 11 is 0. The lowest BCUT2D eigenvalue weighted by Gasteiger charge is -2.31. The van der Waals surface area contributed by atoms with E-state index in [4.69, 9.17) is 14.5 Å². The second-order valence-corrected chi connectivity index (χ2v) is 15.6. The number of aliphatic hydroxyl groups is 1. The van der Waals surface area contributed by atoms with E-state index >= 15 is 0 Å². The molecule has 0 radical (unpaired) electrons. The van der Waals surface area contributed by atoms with E-state index in [1.165, 1.54) is 14.2 Å². The van der Waals surface area contributed by atoms with Crippen LogP contribution in [0.2, 0.25) is 0 Å². The van der Waals surface area contributed by atoms with Gasteiger partial charge in [0.15, 0.2) is 0 Å². The predicted octanol–water partition coefficient (Wildman–Crippen LogP) is 5.15. The first-order chi connectivity index (χ1) is 27.9. The van der Waals surface area contributed by atoms with Gasteiger partial charge in [-0.1, -0.05) is 45.7 Å². The topological polar surface area (TPSA) is 191 Å². The lowest BCUT2D eigenvalue weighted by atomic mass is 10.0. The third-order valence-corrected chi connectivity index (χ3v) is 11.1. The Morgan fingerprint density at radius 3 is 2.21 bits per heavy atom. The molecule has 2 fully saturated rings. The summed E-state index contributed by atoms with van der Waals surface area (Å²) in [6, 6.07) is 12.2. The number of aromatic amines is 2. The SMILES string of the molecule is COC(=O)NC(C(=O)N1CCCC1c1ncc(-c2ccc(C#Cc3ccc4c(ccc5[nH]c(C6CCCN6C(=O)C(NC(O)OC)C(C)C)nc54)c3)nc2)[nH]1)C(C)C. The number of fused-ring (bicyclic) bond motifs is 3. The van der Waals surface area contributed by atoms with Crippen LogP contribution in [0.15, 0.2) is 54.9 Å². The van der Waals surface area contributed by atoms with E-state index in [0.29, 0.717) is 24.6 Å². The highest BCUT2D eigenvalue weighted by atomic mass is 16.6. The Kier molecular flexibility index (Phi) is 12.1. The molecule has 0 spiro atoms. The molecule has 5 N–H and O–H groups in total. The summed E-state index contributed by atoms with van der Waals surface area (Å²) < 4.78 is 9.71. The van der Waals surface area contributed by atoms with Crippen LogP contribution in [0, 0.1) is 23.7 Å². The smallest absolute Gasteiger partial charge is 0.407 e. The summed E-state index contributed by atoms with van der Waals surface area (Å²) in [4.78, 5) is 63.9. The highest BCUT2D eigenvalue weighted by Gasteiger charge is 2.39. The molecule has 0 bridgehead atoms. The Morgan fingerprint density at radius 1 is 0.845 bits per heavy atom. The Bertz CT molecular complexity index is 2340. The average molecular weight is 790 g/mol. The molecule has 2 aliphatic rings. The van der Waals surface area contributed by atoms with E-state index in [0.717, 1.165) is 70.1 Å². The van der Waals surface area contributed by atoms with E-state index in [1.54, 1.807) is 17.3 Å². The summed E-state index contributed by atoms with van der Waals surface area (Å²) in [6.45, 7) is 8.85. The van der Waals surface area contributed by atoms with Crippen molar-refractivity contribution in [2.75, 3.05) is 27.3 Å². The van der Waals surface area contributed by atoms with Crippen LogP contribution in [-0.2, 0) is 19.1 Å². The van der Waals surface area contributed by atoms with Crippen molar-refractivity contribution < 1.29 is 29.0 Å². The van der Waals surface area contributed by atoms with E-state index in [1.807, 2.05) is 75.1 Å². The molecule has 2 aromatic carbocycles. The molecule has 5 atom stereocenters. The number of carbonyl (C=O) groups is 3.